The molecule has 46 heavy (non-hydrogen) atoms. The van der Waals surface area contributed by atoms with E-state index in [9.17, 15) is 9.59 Å². The number of para-hydroxylation sites is 2. The fraction of sp³-hybridized carbons (Fsp3) is 0.222. The number of ether oxygens (including phenoxy) is 3. The molecule has 4 aromatic carbocycles. The van der Waals surface area contributed by atoms with Crippen LogP contribution in [0.3, 0.4) is 0 Å². The maximum Gasteiger partial charge on any atom is 0.282 e. The maximum absolute atomic E-state index is 13.9. The molecule has 0 fully saturated rings. The Morgan fingerprint density at radius 3 is 2.46 bits per heavy atom. The van der Waals surface area contributed by atoms with Crippen molar-refractivity contribution >= 4 is 44.6 Å². The lowest BCUT2D eigenvalue weighted by Crippen LogP contribution is -2.21. The molecule has 0 aliphatic carbocycles. The lowest BCUT2D eigenvalue weighted by molar-refractivity contribution is -0.118. The van der Waals surface area contributed by atoms with Gasteiger partial charge in [-0.2, -0.15) is 9.78 Å². The Labute approximate surface area is 276 Å². The van der Waals surface area contributed by atoms with E-state index in [0.717, 1.165) is 22.4 Å². The Kier molecular flexibility index (Phi) is 10.2. The van der Waals surface area contributed by atoms with Crippen LogP contribution in [0.15, 0.2) is 93.2 Å². The SMILES string of the molecule is CCOc1cc(C)c(-c2nc3ccccc3c(=O)n2N=Cc2cc(OC)c(OCC(=O)Nc3ccccc3)cc2Br)cc1C(C)C. The first kappa shape index (κ1) is 32.4. The zero-order chi connectivity index (χ0) is 32.8. The number of nitrogens with zero attached hydrogens (tertiary/aromatic N) is 3. The predicted octanol–water partition coefficient (Wildman–Crippen LogP) is 7.56. The molecule has 0 atom stereocenters. The normalized spacial score (nSPS) is 11.3. The lowest BCUT2D eigenvalue weighted by atomic mass is 9.96. The molecular weight excluding hydrogens is 648 g/mol. The third-order valence-electron chi connectivity index (χ3n) is 7.28. The van der Waals surface area contributed by atoms with Crippen LogP contribution in [0.2, 0.25) is 0 Å². The molecule has 5 rings (SSSR count). The van der Waals surface area contributed by atoms with Crippen LogP contribution >= 0.6 is 15.9 Å². The van der Waals surface area contributed by atoms with Gasteiger partial charge in [-0.05, 0) is 95.4 Å². The van der Waals surface area contributed by atoms with Crippen molar-refractivity contribution in [1.29, 1.82) is 0 Å². The zero-order valence-corrected chi connectivity index (χ0v) is 27.9. The third kappa shape index (κ3) is 7.13. The first-order valence-electron chi connectivity index (χ1n) is 14.9. The molecule has 9 nitrogen and oxygen atoms in total. The van der Waals surface area contributed by atoms with Crippen LogP contribution in [0.1, 0.15) is 43.4 Å². The van der Waals surface area contributed by atoms with Gasteiger partial charge in [-0.15, -0.1) is 0 Å². The van der Waals surface area contributed by atoms with Crippen molar-refractivity contribution in [1.82, 2.24) is 9.66 Å². The highest BCUT2D eigenvalue weighted by molar-refractivity contribution is 9.10. The van der Waals surface area contributed by atoms with Gasteiger partial charge in [0.2, 0.25) is 0 Å². The molecule has 5 aromatic rings. The molecule has 0 saturated carbocycles. The van der Waals surface area contributed by atoms with Gasteiger partial charge in [0.25, 0.3) is 11.5 Å². The smallest absolute Gasteiger partial charge is 0.282 e. The summed E-state index contributed by atoms with van der Waals surface area (Å²) in [4.78, 5) is 31.2. The minimum absolute atomic E-state index is 0.179. The van der Waals surface area contributed by atoms with Crippen LogP contribution in [-0.4, -0.2) is 42.1 Å². The van der Waals surface area contributed by atoms with E-state index < -0.39 is 0 Å². The van der Waals surface area contributed by atoms with E-state index in [-0.39, 0.29) is 24.0 Å². The second-order valence-electron chi connectivity index (χ2n) is 10.8. The number of hydrogen-bond donors (Lipinski definition) is 1. The highest BCUT2D eigenvalue weighted by atomic mass is 79.9. The Bertz CT molecular complexity index is 1970. The van der Waals surface area contributed by atoms with Gasteiger partial charge >= 0.3 is 0 Å². The standard InChI is InChI=1S/C36H35BrN4O5/c1-6-45-31-16-23(4)28(18-27(31)22(2)3)35-40-30-15-11-10-14-26(30)36(43)41(35)38-20-24-17-32(44-5)33(19-29(24)37)46-21-34(42)39-25-12-8-7-9-13-25/h7-20,22H,6,21H2,1-5H3,(H,39,42). The second-order valence-corrected chi connectivity index (χ2v) is 11.7. The molecule has 0 spiro atoms. The van der Waals surface area contributed by atoms with Crippen LogP contribution in [-0.2, 0) is 4.79 Å². The number of fused-ring (bicyclic) bond motifs is 1. The van der Waals surface area contributed by atoms with E-state index in [2.05, 4.69) is 40.2 Å². The Balaban J connectivity index is 1.52. The summed E-state index contributed by atoms with van der Waals surface area (Å²) in [5, 5.41) is 7.90. The molecule has 1 N–H and O–H groups in total. The minimum atomic E-state index is -0.309. The number of anilines is 1. The van der Waals surface area contributed by atoms with Gasteiger partial charge in [-0.25, -0.2) is 4.98 Å². The largest absolute Gasteiger partial charge is 0.494 e. The van der Waals surface area contributed by atoms with Crippen LogP contribution in [0.5, 0.6) is 17.2 Å². The van der Waals surface area contributed by atoms with Gasteiger partial charge in [0.15, 0.2) is 23.9 Å². The summed E-state index contributed by atoms with van der Waals surface area (Å²) in [6.07, 6.45) is 1.56. The fourth-order valence-electron chi connectivity index (χ4n) is 4.98. The first-order valence-corrected chi connectivity index (χ1v) is 15.7. The number of methoxy groups -OCH3 is 1. The number of amides is 1. The Hall–Kier alpha value is -4.96. The number of carbonyl (C=O) groups excluding carboxylic acids is 1. The molecule has 1 heterocycles. The molecule has 0 aliphatic heterocycles. The van der Waals surface area contributed by atoms with Crippen molar-refractivity contribution < 1.29 is 19.0 Å². The molecule has 1 amide bonds. The van der Waals surface area contributed by atoms with E-state index in [1.807, 2.05) is 56.3 Å². The number of nitrogens with one attached hydrogen (secondary N) is 1. The molecule has 1 aromatic heterocycles. The van der Waals surface area contributed by atoms with Crippen LogP contribution in [0.25, 0.3) is 22.3 Å². The van der Waals surface area contributed by atoms with Crippen molar-refractivity contribution in [3.63, 3.8) is 0 Å². The number of rotatable bonds is 11. The quantitative estimate of drug-likeness (QED) is 0.144. The lowest BCUT2D eigenvalue weighted by Gasteiger charge is -2.18. The number of aryl methyl sites for hydroxylation is 1. The summed E-state index contributed by atoms with van der Waals surface area (Å²) < 4.78 is 19.2. The molecule has 0 aliphatic rings. The summed E-state index contributed by atoms with van der Waals surface area (Å²) in [5.41, 5.74) is 4.27. The fourth-order valence-corrected chi connectivity index (χ4v) is 5.40. The summed E-state index contributed by atoms with van der Waals surface area (Å²) in [5.74, 6) is 1.86. The number of aromatic nitrogens is 2. The Morgan fingerprint density at radius 2 is 1.74 bits per heavy atom. The second kappa shape index (κ2) is 14.4. The summed E-state index contributed by atoms with van der Waals surface area (Å²) >= 11 is 3.58. The van der Waals surface area contributed by atoms with Gasteiger partial charge in [0, 0.05) is 21.3 Å². The van der Waals surface area contributed by atoms with Crippen LogP contribution < -0.4 is 25.1 Å². The van der Waals surface area contributed by atoms with Gasteiger partial charge in [-0.3, -0.25) is 9.59 Å². The molecule has 0 bridgehead atoms. The van der Waals surface area contributed by atoms with Crippen LogP contribution in [0, 0.1) is 6.92 Å². The predicted molar refractivity (Wildman–Crippen MR) is 186 cm³/mol. The van der Waals surface area contributed by atoms with Gasteiger partial charge in [-0.1, -0.05) is 44.2 Å². The monoisotopic (exact) mass is 682 g/mol. The van der Waals surface area contributed by atoms with E-state index in [0.29, 0.717) is 50.6 Å². The molecule has 236 valence electrons. The summed E-state index contributed by atoms with van der Waals surface area (Å²) in [6.45, 7) is 8.46. The highest BCUT2D eigenvalue weighted by Crippen LogP contribution is 2.35. The zero-order valence-electron chi connectivity index (χ0n) is 26.3. The van der Waals surface area contributed by atoms with Crippen molar-refractivity contribution in [3.05, 3.63) is 110 Å². The maximum atomic E-state index is 13.9. The van der Waals surface area contributed by atoms with Crippen LogP contribution in [0.4, 0.5) is 5.69 Å². The van der Waals surface area contributed by atoms with Crippen molar-refractivity contribution in [2.75, 3.05) is 25.6 Å². The topological polar surface area (TPSA) is 104 Å². The van der Waals surface area contributed by atoms with Gasteiger partial charge in [0.1, 0.15) is 5.75 Å². The van der Waals surface area contributed by atoms with E-state index in [1.165, 1.54) is 11.8 Å². The average Bonchev–Trinajstić information content (AvgIpc) is 3.04. The number of carbonyl (C=O) groups is 1. The van der Waals surface area contributed by atoms with E-state index >= 15 is 0 Å². The number of halogens is 1. The third-order valence-corrected chi connectivity index (χ3v) is 7.97. The van der Waals surface area contributed by atoms with Crippen molar-refractivity contribution in [2.45, 2.75) is 33.6 Å². The van der Waals surface area contributed by atoms with Crippen molar-refractivity contribution in [3.8, 4) is 28.6 Å². The molecular formula is C36H35BrN4O5. The molecule has 0 unspecified atom stereocenters. The highest BCUT2D eigenvalue weighted by Gasteiger charge is 2.19. The summed E-state index contributed by atoms with van der Waals surface area (Å²) in [6, 6.07) is 23.8. The Morgan fingerprint density at radius 1 is 1.00 bits per heavy atom. The molecule has 0 radical (unpaired) electrons. The van der Waals surface area contributed by atoms with Crippen molar-refractivity contribution in [2.24, 2.45) is 5.10 Å². The molecule has 0 saturated heterocycles. The number of benzene rings is 4. The molecule has 10 heteroatoms. The number of hydrogen-bond acceptors (Lipinski definition) is 7. The van der Waals surface area contributed by atoms with Gasteiger partial charge < -0.3 is 19.5 Å². The summed E-state index contributed by atoms with van der Waals surface area (Å²) in [7, 11) is 1.51. The van der Waals surface area contributed by atoms with Gasteiger partial charge in [0.05, 0.1) is 30.8 Å². The van der Waals surface area contributed by atoms with E-state index in [1.54, 1.807) is 42.6 Å². The minimum Gasteiger partial charge on any atom is -0.494 e. The average molecular weight is 684 g/mol. The van der Waals surface area contributed by atoms with E-state index in [4.69, 9.17) is 19.2 Å². The first-order chi connectivity index (χ1) is 22.2.